The maximum Gasteiger partial charge on any atom is 0.311 e. The molecule has 0 fully saturated rings. The zero-order chi connectivity index (χ0) is 15.1. The first kappa shape index (κ1) is 16.0. The van der Waals surface area contributed by atoms with Crippen LogP contribution >= 0.6 is 11.6 Å². The van der Waals surface area contributed by atoms with Crippen LogP contribution in [-0.2, 0) is 4.79 Å². The average molecular weight is 299 g/mol. The van der Waals surface area contributed by atoms with Crippen molar-refractivity contribution in [2.45, 2.75) is 13.3 Å². The van der Waals surface area contributed by atoms with Crippen LogP contribution in [0, 0.1) is 10.1 Å². The van der Waals surface area contributed by atoms with Gasteiger partial charge in [-0.15, -0.1) is 0 Å². The van der Waals surface area contributed by atoms with Crippen molar-refractivity contribution < 1.29 is 14.5 Å². The Morgan fingerprint density at radius 2 is 2.25 bits per heavy atom. The summed E-state index contributed by atoms with van der Waals surface area (Å²) in [5.41, 5.74) is 0.389. The second-order valence-corrected chi connectivity index (χ2v) is 4.38. The summed E-state index contributed by atoms with van der Waals surface area (Å²) in [4.78, 5) is 21.1. The van der Waals surface area contributed by atoms with Crippen LogP contribution in [0.15, 0.2) is 18.2 Å². The number of nitro groups is 1. The standard InChI is InChI=1S/C13H15ClN2O4/c1-9(17)15-6-4-3-5-10-7-12(16(18)19)13(20-2)8-11(10)14/h3,5,7-8H,4,6H2,1-2H3,(H,15,17). The molecule has 1 N–H and O–H groups in total. The molecule has 0 heterocycles. The lowest BCUT2D eigenvalue weighted by molar-refractivity contribution is -0.385. The van der Waals surface area contributed by atoms with Gasteiger partial charge >= 0.3 is 5.69 Å². The lowest BCUT2D eigenvalue weighted by Crippen LogP contribution is -2.20. The molecule has 0 spiro atoms. The lowest BCUT2D eigenvalue weighted by Gasteiger charge is -2.05. The molecule has 1 aromatic carbocycles. The third kappa shape index (κ3) is 4.55. The molecular weight excluding hydrogens is 284 g/mol. The van der Waals surface area contributed by atoms with E-state index in [1.54, 1.807) is 12.2 Å². The van der Waals surface area contributed by atoms with E-state index in [4.69, 9.17) is 16.3 Å². The van der Waals surface area contributed by atoms with E-state index in [0.717, 1.165) is 0 Å². The van der Waals surface area contributed by atoms with Crippen LogP contribution in [0.5, 0.6) is 5.75 Å². The van der Waals surface area contributed by atoms with Gasteiger partial charge in [0, 0.05) is 25.6 Å². The van der Waals surface area contributed by atoms with Gasteiger partial charge in [-0.1, -0.05) is 23.8 Å². The number of benzene rings is 1. The topological polar surface area (TPSA) is 81.5 Å². The highest BCUT2D eigenvalue weighted by atomic mass is 35.5. The van der Waals surface area contributed by atoms with Crippen molar-refractivity contribution in [1.82, 2.24) is 5.32 Å². The zero-order valence-corrected chi connectivity index (χ0v) is 11.9. The Labute approximate surface area is 121 Å². The van der Waals surface area contributed by atoms with E-state index in [0.29, 0.717) is 23.6 Å². The van der Waals surface area contributed by atoms with Crippen LogP contribution in [-0.4, -0.2) is 24.5 Å². The largest absolute Gasteiger partial charge is 0.490 e. The van der Waals surface area contributed by atoms with E-state index >= 15 is 0 Å². The highest BCUT2D eigenvalue weighted by molar-refractivity contribution is 6.32. The average Bonchev–Trinajstić information content (AvgIpc) is 2.38. The van der Waals surface area contributed by atoms with Crippen LogP contribution in [0.4, 0.5) is 5.69 Å². The SMILES string of the molecule is COc1cc(Cl)c(C=CCCNC(C)=O)cc1[N+](=O)[O-]. The highest BCUT2D eigenvalue weighted by Gasteiger charge is 2.17. The quantitative estimate of drug-likeness (QED) is 0.497. The Bertz CT molecular complexity index is 543. The number of rotatable bonds is 6. The normalized spacial score (nSPS) is 10.6. The number of methoxy groups -OCH3 is 1. The van der Waals surface area contributed by atoms with Crippen LogP contribution in [0.1, 0.15) is 18.9 Å². The second kappa shape index (κ2) is 7.49. The highest BCUT2D eigenvalue weighted by Crippen LogP contribution is 2.33. The number of halogens is 1. The van der Waals surface area contributed by atoms with Gasteiger partial charge in [0.1, 0.15) is 0 Å². The number of hydrogen-bond donors (Lipinski definition) is 1. The Hall–Kier alpha value is -2.08. The molecule has 20 heavy (non-hydrogen) atoms. The van der Waals surface area contributed by atoms with E-state index in [2.05, 4.69) is 5.32 Å². The van der Waals surface area contributed by atoms with Crippen molar-refractivity contribution in [3.05, 3.63) is 38.9 Å². The number of nitrogens with one attached hydrogen (secondary N) is 1. The minimum Gasteiger partial charge on any atom is -0.490 e. The van der Waals surface area contributed by atoms with Gasteiger partial charge in [-0.3, -0.25) is 14.9 Å². The molecule has 6 nitrogen and oxygen atoms in total. The summed E-state index contributed by atoms with van der Waals surface area (Å²) in [6.07, 6.45) is 4.07. The summed E-state index contributed by atoms with van der Waals surface area (Å²) < 4.78 is 4.91. The fourth-order valence-corrected chi connectivity index (χ4v) is 1.75. The van der Waals surface area contributed by atoms with Gasteiger partial charge in [-0.2, -0.15) is 0 Å². The number of carbonyl (C=O) groups is 1. The molecule has 0 saturated heterocycles. The van der Waals surface area contributed by atoms with Crippen molar-refractivity contribution in [1.29, 1.82) is 0 Å². The first-order chi connectivity index (χ1) is 9.45. The maximum atomic E-state index is 10.9. The molecule has 0 bridgehead atoms. The predicted octanol–water partition coefficient (Wildman–Crippen LogP) is 2.80. The summed E-state index contributed by atoms with van der Waals surface area (Å²) in [6, 6.07) is 2.77. The van der Waals surface area contributed by atoms with Crippen LogP contribution < -0.4 is 10.1 Å². The zero-order valence-electron chi connectivity index (χ0n) is 11.2. The number of hydrogen-bond acceptors (Lipinski definition) is 4. The Kier molecular flexibility index (Phi) is 5.99. The van der Waals surface area contributed by atoms with Gasteiger partial charge in [-0.05, 0) is 12.0 Å². The summed E-state index contributed by atoms with van der Waals surface area (Å²) in [7, 11) is 1.35. The molecule has 0 saturated carbocycles. The molecule has 108 valence electrons. The van der Waals surface area contributed by atoms with E-state index in [1.165, 1.54) is 26.2 Å². The van der Waals surface area contributed by atoms with Gasteiger partial charge in [0.05, 0.1) is 17.1 Å². The molecule has 0 aliphatic heterocycles. The third-order valence-corrected chi connectivity index (χ3v) is 2.80. The second-order valence-electron chi connectivity index (χ2n) is 3.98. The fourth-order valence-electron chi connectivity index (χ4n) is 1.54. The molecule has 0 atom stereocenters. The van der Waals surface area contributed by atoms with Crippen LogP contribution in [0.3, 0.4) is 0 Å². The monoisotopic (exact) mass is 298 g/mol. The van der Waals surface area contributed by atoms with E-state index in [1.807, 2.05) is 0 Å². The first-order valence-electron chi connectivity index (χ1n) is 5.88. The predicted molar refractivity (Wildman–Crippen MR) is 77.0 cm³/mol. The molecule has 0 radical (unpaired) electrons. The Morgan fingerprint density at radius 1 is 1.55 bits per heavy atom. The summed E-state index contributed by atoms with van der Waals surface area (Å²) in [5, 5.41) is 13.9. The van der Waals surface area contributed by atoms with Crippen LogP contribution in [0.25, 0.3) is 6.08 Å². The van der Waals surface area contributed by atoms with E-state index in [-0.39, 0.29) is 17.3 Å². The molecule has 0 aromatic heterocycles. The molecule has 0 aliphatic rings. The van der Waals surface area contributed by atoms with Gasteiger partial charge < -0.3 is 10.1 Å². The fraction of sp³-hybridized carbons (Fsp3) is 0.308. The minimum absolute atomic E-state index is 0.100. The summed E-state index contributed by atoms with van der Waals surface area (Å²) in [5.74, 6) is 0.0203. The third-order valence-electron chi connectivity index (χ3n) is 2.48. The van der Waals surface area contributed by atoms with E-state index < -0.39 is 4.92 Å². The van der Waals surface area contributed by atoms with Gasteiger partial charge in [-0.25, -0.2) is 0 Å². The molecule has 0 aliphatic carbocycles. The number of nitrogens with zero attached hydrogens (tertiary/aromatic N) is 1. The van der Waals surface area contributed by atoms with Crippen molar-refractivity contribution >= 4 is 29.3 Å². The van der Waals surface area contributed by atoms with Crippen molar-refractivity contribution in [2.24, 2.45) is 0 Å². The maximum absolute atomic E-state index is 10.9. The summed E-state index contributed by atoms with van der Waals surface area (Å²) in [6.45, 7) is 1.94. The lowest BCUT2D eigenvalue weighted by atomic mass is 10.1. The molecule has 1 amide bonds. The number of carbonyl (C=O) groups excluding carboxylic acids is 1. The van der Waals surface area contributed by atoms with Crippen molar-refractivity contribution in [3.8, 4) is 5.75 Å². The van der Waals surface area contributed by atoms with Gasteiger partial charge in [0.25, 0.3) is 0 Å². The van der Waals surface area contributed by atoms with Gasteiger partial charge in [0.15, 0.2) is 5.75 Å². The molecule has 7 heteroatoms. The molecule has 0 unspecified atom stereocenters. The van der Waals surface area contributed by atoms with E-state index in [9.17, 15) is 14.9 Å². The number of ether oxygens (including phenoxy) is 1. The Balaban J connectivity index is 2.84. The smallest absolute Gasteiger partial charge is 0.311 e. The minimum atomic E-state index is -0.524. The van der Waals surface area contributed by atoms with Crippen molar-refractivity contribution in [3.63, 3.8) is 0 Å². The molecule has 1 aromatic rings. The van der Waals surface area contributed by atoms with Gasteiger partial charge in [0.2, 0.25) is 5.91 Å². The van der Waals surface area contributed by atoms with Crippen molar-refractivity contribution in [2.75, 3.05) is 13.7 Å². The number of nitro benzene ring substituents is 1. The summed E-state index contributed by atoms with van der Waals surface area (Å²) >= 11 is 6.02. The number of amides is 1. The molecule has 1 rings (SSSR count). The Morgan fingerprint density at radius 3 is 2.80 bits per heavy atom. The van der Waals surface area contributed by atoms with Crippen LogP contribution in [0.2, 0.25) is 5.02 Å². The first-order valence-corrected chi connectivity index (χ1v) is 6.26. The molecular formula is C13H15ClN2O4.